The molecule has 0 unspecified atom stereocenters. The van der Waals surface area contributed by atoms with Crippen LogP contribution in [0.3, 0.4) is 0 Å². The Bertz CT molecular complexity index is 750. The van der Waals surface area contributed by atoms with Crippen molar-refractivity contribution in [3.8, 4) is 0 Å². The Morgan fingerprint density at radius 1 is 1.14 bits per heavy atom. The molecule has 0 saturated carbocycles. The van der Waals surface area contributed by atoms with Gasteiger partial charge in [0.05, 0.1) is 16.4 Å². The van der Waals surface area contributed by atoms with E-state index in [2.05, 4.69) is 30.9 Å². The van der Waals surface area contributed by atoms with E-state index in [1.165, 1.54) is 11.8 Å². The number of nitrogens with two attached hydrogens (primary N) is 2. The summed E-state index contributed by atoms with van der Waals surface area (Å²) in [6.45, 7) is 0. The SMILES string of the molecule is Nc1nc(N)nc(CSCCS(=O)(=O)c2cccc(Br)c2)n1. The third kappa shape index (κ3) is 4.82. The molecule has 0 bridgehead atoms. The van der Waals surface area contributed by atoms with E-state index in [-0.39, 0.29) is 17.6 Å². The maximum Gasteiger partial charge on any atom is 0.225 e. The lowest BCUT2D eigenvalue weighted by molar-refractivity contribution is 0.597. The molecule has 0 amide bonds. The van der Waals surface area contributed by atoms with Crippen molar-refractivity contribution in [2.75, 3.05) is 23.0 Å². The predicted molar refractivity (Wildman–Crippen MR) is 91.0 cm³/mol. The molecule has 7 nitrogen and oxygen atoms in total. The summed E-state index contributed by atoms with van der Waals surface area (Å²) in [4.78, 5) is 11.8. The number of sulfone groups is 1. The third-order valence-electron chi connectivity index (χ3n) is 2.60. The Labute approximate surface area is 141 Å². The Kier molecular flexibility index (Phi) is 5.59. The van der Waals surface area contributed by atoms with Crippen LogP contribution >= 0.6 is 27.7 Å². The van der Waals surface area contributed by atoms with Gasteiger partial charge in [0.25, 0.3) is 0 Å². The number of nitrogens with zero attached hydrogens (tertiary/aromatic N) is 3. The largest absolute Gasteiger partial charge is 0.368 e. The topological polar surface area (TPSA) is 125 Å². The summed E-state index contributed by atoms with van der Waals surface area (Å²) in [7, 11) is -3.31. The van der Waals surface area contributed by atoms with Gasteiger partial charge in [0.2, 0.25) is 11.9 Å². The van der Waals surface area contributed by atoms with Crippen LogP contribution in [-0.4, -0.2) is 34.9 Å². The average Bonchev–Trinajstić information content (AvgIpc) is 2.43. The molecule has 1 aromatic carbocycles. The lowest BCUT2D eigenvalue weighted by Crippen LogP contribution is -2.10. The second-order valence-electron chi connectivity index (χ2n) is 4.30. The van der Waals surface area contributed by atoms with Crippen molar-refractivity contribution in [3.05, 3.63) is 34.6 Å². The first-order valence-corrected chi connectivity index (χ1v) is 9.79. The number of benzene rings is 1. The first-order valence-electron chi connectivity index (χ1n) is 6.19. The fraction of sp³-hybridized carbons (Fsp3) is 0.250. The van der Waals surface area contributed by atoms with Crippen LogP contribution in [0.2, 0.25) is 0 Å². The van der Waals surface area contributed by atoms with Gasteiger partial charge in [-0.15, -0.1) is 0 Å². The van der Waals surface area contributed by atoms with Crippen LogP contribution in [0.15, 0.2) is 33.6 Å². The molecule has 0 saturated heterocycles. The van der Waals surface area contributed by atoms with Gasteiger partial charge >= 0.3 is 0 Å². The van der Waals surface area contributed by atoms with E-state index >= 15 is 0 Å². The van der Waals surface area contributed by atoms with E-state index in [9.17, 15) is 8.42 Å². The number of aromatic nitrogens is 3. The van der Waals surface area contributed by atoms with Gasteiger partial charge in [-0.2, -0.15) is 26.7 Å². The van der Waals surface area contributed by atoms with Crippen LogP contribution in [0.5, 0.6) is 0 Å². The predicted octanol–water partition coefficient (Wildman–Crippen LogP) is 1.51. The summed E-state index contributed by atoms with van der Waals surface area (Å²) >= 11 is 4.66. The average molecular weight is 404 g/mol. The molecule has 2 rings (SSSR count). The molecule has 4 N–H and O–H groups in total. The van der Waals surface area contributed by atoms with Gasteiger partial charge in [-0.1, -0.05) is 22.0 Å². The highest BCUT2D eigenvalue weighted by Crippen LogP contribution is 2.19. The van der Waals surface area contributed by atoms with Gasteiger partial charge in [-0.25, -0.2) is 8.42 Å². The van der Waals surface area contributed by atoms with Crippen molar-refractivity contribution >= 4 is 49.4 Å². The number of anilines is 2. The standard InChI is InChI=1S/C12H14BrN5O2S2/c13-8-2-1-3-9(6-8)22(19,20)5-4-21-7-10-16-11(14)18-12(15)17-10/h1-3,6H,4-5,7H2,(H4,14,15,16,17,18). The molecule has 118 valence electrons. The van der Waals surface area contributed by atoms with E-state index in [1.807, 2.05) is 0 Å². The van der Waals surface area contributed by atoms with Crippen molar-refractivity contribution in [2.24, 2.45) is 0 Å². The molecule has 22 heavy (non-hydrogen) atoms. The van der Waals surface area contributed by atoms with Crippen LogP contribution in [0, 0.1) is 0 Å². The zero-order valence-corrected chi connectivity index (χ0v) is 14.7. The lowest BCUT2D eigenvalue weighted by Gasteiger charge is -2.05. The highest BCUT2D eigenvalue weighted by Gasteiger charge is 2.14. The smallest absolute Gasteiger partial charge is 0.225 e. The third-order valence-corrected chi connectivity index (χ3v) is 6.02. The monoisotopic (exact) mass is 403 g/mol. The van der Waals surface area contributed by atoms with Crippen LogP contribution in [-0.2, 0) is 15.6 Å². The molecule has 1 aromatic heterocycles. The molecule has 2 aromatic rings. The summed E-state index contributed by atoms with van der Waals surface area (Å²) in [6.07, 6.45) is 0. The number of nitrogen functional groups attached to an aromatic ring is 2. The zero-order chi connectivity index (χ0) is 16.2. The van der Waals surface area contributed by atoms with Gasteiger partial charge in [-0.05, 0) is 18.2 Å². The van der Waals surface area contributed by atoms with Crippen molar-refractivity contribution in [1.29, 1.82) is 0 Å². The lowest BCUT2D eigenvalue weighted by atomic mass is 10.4. The number of rotatable bonds is 6. The molecule has 0 atom stereocenters. The van der Waals surface area contributed by atoms with Crippen molar-refractivity contribution < 1.29 is 8.42 Å². The van der Waals surface area contributed by atoms with E-state index in [0.29, 0.717) is 22.2 Å². The summed E-state index contributed by atoms with van der Waals surface area (Å²) in [5, 5.41) is 0. The van der Waals surface area contributed by atoms with Gasteiger partial charge in [0.15, 0.2) is 9.84 Å². The van der Waals surface area contributed by atoms with Crippen molar-refractivity contribution in [3.63, 3.8) is 0 Å². The minimum Gasteiger partial charge on any atom is -0.368 e. The van der Waals surface area contributed by atoms with Crippen LogP contribution in [0.1, 0.15) is 5.82 Å². The van der Waals surface area contributed by atoms with Gasteiger partial charge in [0.1, 0.15) is 5.82 Å². The van der Waals surface area contributed by atoms with Gasteiger partial charge < -0.3 is 11.5 Å². The summed E-state index contributed by atoms with van der Waals surface area (Å²) < 4.78 is 25.1. The maximum atomic E-state index is 12.2. The minimum atomic E-state index is -3.31. The Hall–Kier alpha value is -1.39. The minimum absolute atomic E-state index is 0.0319. The second kappa shape index (κ2) is 7.25. The van der Waals surface area contributed by atoms with Crippen molar-refractivity contribution in [1.82, 2.24) is 15.0 Å². The normalized spacial score (nSPS) is 11.5. The highest BCUT2D eigenvalue weighted by molar-refractivity contribution is 9.10. The molecule has 0 aliphatic carbocycles. The fourth-order valence-corrected chi connectivity index (χ4v) is 4.82. The molecule has 10 heteroatoms. The molecule has 0 aliphatic heterocycles. The molecular formula is C12H14BrN5O2S2. The maximum absolute atomic E-state index is 12.2. The fourth-order valence-electron chi connectivity index (χ4n) is 1.63. The molecule has 0 radical (unpaired) electrons. The Balaban J connectivity index is 1.90. The van der Waals surface area contributed by atoms with Crippen LogP contribution in [0.4, 0.5) is 11.9 Å². The van der Waals surface area contributed by atoms with E-state index in [1.54, 1.807) is 24.3 Å². The first kappa shape index (κ1) is 17.0. The van der Waals surface area contributed by atoms with Gasteiger partial charge in [0, 0.05) is 10.2 Å². The van der Waals surface area contributed by atoms with E-state index < -0.39 is 9.84 Å². The quantitative estimate of drug-likeness (QED) is 0.694. The molecule has 0 spiro atoms. The molecule has 0 fully saturated rings. The molecule has 1 heterocycles. The number of halogens is 1. The Morgan fingerprint density at radius 3 is 2.45 bits per heavy atom. The number of hydrogen-bond donors (Lipinski definition) is 2. The first-order chi connectivity index (χ1) is 10.4. The second-order valence-corrected chi connectivity index (χ2v) is 8.43. The van der Waals surface area contributed by atoms with Crippen LogP contribution < -0.4 is 11.5 Å². The van der Waals surface area contributed by atoms with E-state index in [0.717, 1.165) is 4.47 Å². The Morgan fingerprint density at radius 2 is 1.82 bits per heavy atom. The number of thioether (sulfide) groups is 1. The van der Waals surface area contributed by atoms with Crippen molar-refractivity contribution in [2.45, 2.75) is 10.6 Å². The van der Waals surface area contributed by atoms with Crippen LogP contribution in [0.25, 0.3) is 0 Å². The highest BCUT2D eigenvalue weighted by atomic mass is 79.9. The molecular weight excluding hydrogens is 390 g/mol. The summed E-state index contributed by atoms with van der Waals surface area (Å²) in [5.41, 5.74) is 10.9. The van der Waals surface area contributed by atoms with Gasteiger partial charge in [-0.3, -0.25) is 0 Å². The number of hydrogen-bond acceptors (Lipinski definition) is 8. The molecule has 0 aliphatic rings. The summed E-state index contributed by atoms with van der Waals surface area (Å²) in [5.74, 6) is 1.43. The summed E-state index contributed by atoms with van der Waals surface area (Å²) in [6, 6.07) is 6.65. The van der Waals surface area contributed by atoms with E-state index in [4.69, 9.17) is 11.5 Å². The zero-order valence-electron chi connectivity index (χ0n) is 11.4.